The van der Waals surface area contributed by atoms with Crippen molar-refractivity contribution in [1.82, 2.24) is 0 Å². The van der Waals surface area contributed by atoms with Gasteiger partial charge in [0, 0.05) is 41.2 Å². The number of benzene rings is 2. The third-order valence-electron chi connectivity index (χ3n) is 5.25. The van der Waals surface area contributed by atoms with Crippen LogP contribution < -0.4 is 157 Å². The summed E-state index contributed by atoms with van der Waals surface area (Å²) in [6.07, 6.45) is 0.776. The topological polar surface area (TPSA) is 285 Å². The molecule has 0 fully saturated rings. The normalized spacial score (nSPS) is 8.81. The molecule has 25 heteroatoms. The fourth-order valence-corrected chi connectivity index (χ4v) is 3.27. The van der Waals surface area contributed by atoms with Crippen LogP contribution in [0.15, 0.2) is 24.3 Å². The van der Waals surface area contributed by atoms with E-state index in [9.17, 15) is 44.7 Å². The summed E-state index contributed by atoms with van der Waals surface area (Å²) in [6.45, 7) is 4.22. The maximum absolute atomic E-state index is 11.5. The van der Waals surface area contributed by atoms with Crippen LogP contribution in [0, 0.1) is 30.3 Å². The Hall–Kier alpha value is -1.78. The standard InChI is InChI=1S/C14H17NO7.C12H14N2O8.CH2O3.B.2K.Na.2H/c1-9(16)11-7-13(20-3)14(8-12(11)15(18)19)22-6-4-5-21-10(2)17;1-8(15)21-4-3-5-22-12-7-10(14(18)19)9(13(16)17)6-11(12)20-2;2-1-4-3;;;;;;/h7-8H,4-6H2,1-3H3;6-7H,3-5H2,1-2H3;1,3H;;;;;;/q;;;;3*+1;2*-1/p-1. The van der Waals surface area contributed by atoms with Gasteiger partial charge >= 0.3 is 156 Å². The summed E-state index contributed by atoms with van der Waals surface area (Å²) in [7, 11) is 2.63. The van der Waals surface area contributed by atoms with Crippen LogP contribution in [0.4, 0.5) is 17.1 Å². The van der Waals surface area contributed by atoms with Crippen LogP contribution in [0.5, 0.6) is 23.0 Å². The van der Waals surface area contributed by atoms with Crippen molar-refractivity contribution in [3.8, 4) is 23.0 Å². The number of carbonyl (C=O) groups is 4. The van der Waals surface area contributed by atoms with Gasteiger partial charge in [-0.3, -0.25) is 49.5 Å². The van der Waals surface area contributed by atoms with Gasteiger partial charge in [-0.15, -0.1) is 0 Å². The fourth-order valence-electron chi connectivity index (χ4n) is 3.27. The van der Waals surface area contributed by atoms with Gasteiger partial charge in [0.25, 0.3) is 12.2 Å². The first-order valence-electron chi connectivity index (χ1n) is 13.3. The molecular weight excluding hydrogens is 766 g/mol. The Labute approximate surface area is 409 Å². The number of rotatable bonds is 17. The van der Waals surface area contributed by atoms with Gasteiger partial charge in [-0.1, -0.05) is 0 Å². The number of nitro groups is 3. The zero-order chi connectivity index (χ0) is 36.8. The van der Waals surface area contributed by atoms with Crippen molar-refractivity contribution < 1.29 is 208 Å². The van der Waals surface area contributed by atoms with E-state index >= 15 is 0 Å². The number of ether oxygens (including phenoxy) is 6. The van der Waals surface area contributed by atoms with Gasteiger partial charge in [0.1, 0.15) is 0 Å². The molecule has 0 spiro atoms. The predicted molar refractivity (Wildman–Crippen MR) is 165 cm³/mol. The molecule has 0 aliphatic rings. The minimum Gasteiger partial charge on any atom is -1.00 e. The molecule has 52 heavy (non-hydrogen) atoms. The molecule has 0 aromatic heterocycles. The van der Waals surface area contributed by atoms with Crippen LogP contribution >= 0.6 is 0 Å². The number of hydrogen-bond acceptors (Lipinski definition) is 18. The van der Waals surface area contributed by atoms with E-state index in [2.05, 4.69) is 4.89 Å². The minimum absolute atomic E-state index is 0. The van der Waals surface area contributed by atoms with Crippen molar-refractivity contribution >= 4 is 49.7 Å². The van der Waals surface area contributed by atoms with Crippen molar-refractivity contribution in [1.29, 1.82) is 0 Å². The zero-order valence-electron chi connectivity index (χ0n) is 31.9. The average Bonchev–Trinajstić information content (AvgIpc) is 3.03. The molecule has 0 aliphatic carbocycles. The molecule has 2 aromatic rings. The Morgan fingerprint density at radius 3 is 1.29 bits per heavy atom. The first-order valence-corrected chi connectivity index (χ1v) is 13.3. The quantitative estimate of drug-likeness (QED) is 0.0210. The van der Waals surface area contributed by atoms with Crippen LogP contribution in [0.1, 0.15) is 46.8 Å². The summed E-state index contributed by atoms with van der Waals surface area (Å²) in [4.78, 5) is 74.2. The molecule has 2 rings (SSSR count). The SMILES string of the molecule is COc1cc(C(C)=O)c([N+](=O)[O-])cc1OCCCOC(C)=O.COc1cc([N+](=O)[O-])c([N+](=O)[O-])cc1OCCCOC(C)=O.O=CO[O-].[B].[H-].[H-].[K+].[K+].[Na+]. The van der Waals surface area contributed by atoms with Crippen molar-refractivity contribution in [3.63, 3.8) is 0 Å². The number of methoxy groups -OCH3 is 2. The molecule has 0 N–H and O–H groups in total. The van der Waals surface area contributed by atoms with Crippen molar-refractivity contribution in [2.24, 2.45) is 0 Å². The van der Waals surface area contributed by atoms with Crippen LogP contribution in [-0.2, 0) is 28.7 Å². The molecule has 0 saturated heterocycles. The Bertz CT molecular complexity index is 1380. The van der Waals surface area contributed by atoms with Gasteiger partial charge in [0.05, 0.1) is 79.2 Å². The van der Waals surface area contributed by atoms with Crippen LogP contribution in [-0.4, -0.2) is 88.0 Å². The molecule has 3 radical (unpaired) electrons. The third-order valence-corrected chi connectivity index (χ3v) is 5.25. The van der Waals surface area contributed by atoms with Gasteiger partial charge < -0.3 is 41.4 Å². The number of ketones is 1. The Balaban J connectivity index is -0.000000135. The van der Waals surface area contributed by atoms with Crippen LogP contribution in [0.25, 0.3) is 0 Å². The van der Waals surface area contributed by atoms with E-state index in [1.54, 1.807) is 0 Å². The molecule has 0 amide bonds. The fraction of sp³-hybridized carbons (Fsp3) is 0.407. The molecule has 0 unspecified atom stereocenters. The maximum Gasteiger partial charge on any atom is 1.00 e. The van der Waals surface area contributed by atoms with Gasteiger partial charge in [0.15, 0.2) is 28.8 Å². The number of hydrogen-bond donors (Lipinski definition) is 0. The molecule has 0 bridgehead atoms. The van der Waals surface area contributed by atoms with E-state index in [-0.39, 0.29) is 217 Å². The molecule has 2 aromatic carbocycles. The van der Waals surface area contributed by atoms with Crippen LogP contribution in [0.3, 0.4) is 0 Å². The van der Waals surface area contributed by atoms with Gasteiger partial charge in [-0.05, 0) is 6.92 Å². The molecular formula is C27H34BK2N3NaO18. The predicted octanol–water partition coefficient (Wildman–Crippen LogP) is -6.73. The molecule has 0 atom stereocenters. The van der Waals surface area contributed by atoms with E-state index in [0.717, 1.165) is 18.2 Å². The first kappa shape index (κ1) is 59.5. The number of Topliss-reactive ketones (excluding diaryl/α,β-unsaturated/α-hetero) is 1. The second-order valence-corrected chi connectivity index (χ2v) is 8.62. The number of esters is 2. The van der Waals surface area contributed by atoms with Crippen molar-refractivity contribution in [2.75, 3.05) is 40.6 Å². The number of nitrogens with zero attached hydrogens (tertiary/aromatic N) is 3. The molecule has 0 aliphatic heterocycles. The second-order valence-electron chi connectivity index (χ2n) is 8.62. The summed E-state index contributed by atoms with van der Waals surface area (Å²) in [5.41, 5.74) is -1.77. The third kappa shape index (κ3) is 23.8. The van der Waals surface area contributed by atoms with Crippen molar-refractivity contribution in [3.05, 3.63) is 60.2 Å². The van der Waals surface area contributed by atoms with Crippen LogP contribution in [0.2, 0.25) is 0 Å². The minimum atomic E-state index is -0.872. The first-order chi connectivity index (χ1) is 22.6. The zero-order valence-corrected chi connectivity index (χ0v) is 38.1. The molecule has 0 heterocycles. The van der Waals surface area contributed by atoms with E-state index in [1.807, 2.05) is 0 Å². The van der Waals surface area contributed by atoms with Gasteiger partial charge in [0.2, 0.25) is 0 Å². The van der Waals surface area contributed by atoms with E-state index < -0.39 is 37.9 Å². The summed E-state index contributed by atoms with van der Waals surface area (Å²) < 4.78 is 30.2. The molecule has 271 valence electrons. The van der Waals surface area contributed by atoms with E-state index in [1.165, 1.54) is 41.1 Å². The summed E-state index contributed by atoms with van der Waals surface area (Å²) >= 11 is 0. The van der Waals surface area contributed by atoms with E-state index in [0.29, 0.717) is 12.8 Å². The Morgan fingerprint density at radius 2 is 1.00 bits per heavy atom. The Kier molecular flexibility index (Phi) is 38.6. The summed E-state index contributed by atoms with van der Waals surface area (Å²) in [5.74, 6) is -0.869. The maximum atomic E-state index is 11.5. The molecule has 0 saturated carbocycles. The molecule has 21 nitrogen and oxygen atoms in total. The van der Waals surface area contributed by atoms with E-state index in [4.69, 9.17) is 38.5 Å². The van der Waals surface area contributed by atoms with Crippen molar-refractivity contribution in [2.45, 2.75) is 33.6 Å². The largest absolute Gasteiger partial charge is 1.00 e. The monoisotopic (exact) mass is 800 g/mol. The smallest absolute Gasteiger partial charge is 1.00 e. The second kappa shape index (κ2) is 33.8. The summed E-state index contributed by atoms with van der Waals surface area (Å²) in [6, 6.07) is 4.30. The van der Waals surface area contributed by atoms with Gasteiger partial charge in [-0.2, -0.15) is 0 Å². The van der Waals surface area contributed by atoms with Gasteiger partial charge in [-0.25, -0.2) is 0 Å². The summed E-state index contributed by atoms with van der Waals surface area (Å²) in [5, 5.41) is 41.2. The number of nitro benzene ring substituents is 3. The number of carbonyl (C=O) groups excluding carboxylic acids is 4. The average molecular weight is 801 g/mol. The Morgan fingerprint density at radius 1 is 0.673 bits per heavy atom.